The Balaban J connectivity index is 1.52. The molecule has 3 rings (SSSR count). The highest BCUT2D eigenvalue weighted by Gasteiger charge is 2.15. The maximum absolute atomic E-state index is 12.6. The van der Waals surface area contributed by atoms with E-state index in [1.165, 1.54) is 12.4 Å². The summed E-state index contributed by atoms with van der Waals surface area (Å²) < 4.78 is 10.1. The molecule has 10 heteroatoms. The van der Waals surface area contributed by atoms with Gasteiger partial charge < -0.3 is 25.8 Å². The van der Waals surface area contributed by atoms with Gasteiger partial charge in [-0.2, -0.15) is 0 Å². The molecule has 0 atom stereocenters. The molecule has 2 aromatic heterocycles. The molecule has 0 fully saturated rings. The molecular formula is C24H28N6O4. The van der Waals surface area contributed by atoms with E-state index in [1.54, 1.807) is 25.4 Å². The van der Waals surface area contributed by atoms with Gasteiger partial charge >= 0.3 is 6.09 Å². The molecule has 0 saturated carbocycles. The van der Waals surface area contributed by atoms with Gasteiger partial charge in [-0.15, -0.1) is 0 Å². The second kappa shape index (κ2) is 12.9. The van der Waals surface area contributed by atoms with Crippen LogP contribution in [0.3, 0.4) is 0 Å². The first-order valence-corrected chi connectivity index (χ1v) is 10.9. The van der Waals surface area contributed by atoms with E-state index in [0.717, 1.165) is 24.0 Å². The summed E-state index contributed by atoms with van der Waals surface area (Å²) >= 11 is 0. The molecule has 0 unspecified atom stereocenters. The lowest BCUT2D eigenvalue weighted by atomic mass is 10.1. The van der Waals surface area contributed by atoms with E-state index in [4.69, 9.17) is 15.2 Å². The molecule has 0 aliphatic carbocycles. The monoisotopic (exact) mass is 464 g/mol. The quantitative estimate of drug-likeness (QED) is 0.368. The van der Waals surface area contributed by atoms with Crippen molar-refractivity contribution in [3.8, 4) is 11.3 Å². The molecule has 3 aromatic rings. The van der Waals surface area contributed by atoms with Crippen LogP contribution in [0.25, 0.3) is 11.3 Å². The Morgan fingerprint density at radius 2 is 1.88 bits per heavy atom. The van der Waals surface area contributed by atoms with Gasteiger partial charge in [-0.05, 0) is 37.0 Å². The Morgan fingerprint density at radius 3 is 2.62 bits per heavy atom. The van der Waals surface area contributed by atoms with Crippen molar-refractivity contribution in [3.05, 3.63) is 66.2 Å². The van der Waals surface area contributed by atoms with Crippen LogP contribution in [0.4, 0.5) is 16.3 Å². The van der Waals surface area contributed by atoms with E-state index in [0.29, 0.717) is 37.6 Å². The van der Waals surface area contributed by atoms with Crippen LogP contribution in [-0.2, 0) is 15.9 Å². The van der Waals surface area contributed by atoms with Crippen LogP contribution in [0.5, 0.6) is 0 Å². The molecule has 178 valence electrons. The third-order valence-electron chi connectivity index (χ3n) is 4.82. The van der Waals surface area contributed by atoms with Crippen molar-refractivity contribution in [2.24, 2.45) is 0 Å². The van der Waals surface area contributed by atoms with Crippen molar-refractivity contribution < 1.29 is 19.1 Å². The van der Waals surface area contributed by atoms with Gasteiger partial charge in [0.1, 0.15) is 0 Å². The summed E-state index contributed by atoms with van der Waals surface area (Å²) in [5.74, 6) is -0.413. The standard InChI is InChI=1S/C24H28N6O4/c1-33-13-4-12-27-24(32)34-14-3-5-17-7-9-18(10-8-17)20-16-28-22(25)21(30-20)23(31)29-19-6-2-11-26-15-19/h2,6-11,15-16H,3-5,12-14H2,1H3,(H2,25,28)(H,27,32)(H,29,31). The summed E-state index contributed by atoms with van der Waals surface area (Å²) in [5.41, 5.74) is 8.89. The number of anilines is 2. The number of alkyl carbamates (subject to hydrolysis) is 1. The van der Waals surface area contributed by atoms with Crippen molar-refractivity contribution in [2.45, 2.75) is 19.3 Å². The van der Waals surface area contributed by atoms with Crippen molar-refractivity contribution in [1.82, 2.24) is 20.3 Å². The van der Waals surface area contributed by atoms with Crippen molar-refractivity contribution in [1.29, 1.82) is 0 Å². The maximum Gasteiger partial charge on any atom is 0.407 e. The number of rotatable bonds is 11. The molecule has 1 aromatic carbocycles. The molecule has 0 radical (unpaired) electrons. The SMILES string of the molecule is COCCCNC(=O)OCCCc1ccc(-c2cnc(N)c(C(=O)Nc3cccnc3)n2)cc1. The summed E-state index contributed by atoms with van der Waals surface area (Å²) in [7, 11) is 1.62. The first kappa shape index (κ1) is 24.6. The summed E-state index contributed by atoms with van der Waals surface area (Å²) in [6.07, 6.45) is 6.46. The second-order valence-corrected chi connectivity index (χ2v) is 7.39. The zero-order valence-electron chi connectivity index (χ0n) is 19.0. The van der Waals surface area contributed by atoms with E-state index < -0.39 is 12.0 Å². The number of nitrogens with zero attached hydrogens (tertiary/aromatic N) is 3. The Kier molecular flexibility index (Phi) is 9.29. The number of hydrogen-bond acceptors (Lipinski definition) is 8. The molecule has 34 heavy (non-hydrogen) atoms. The minimum absolute atomic E-state index is 0.0445. The van der Waals surface area contributed by atoms with Crippen LogP contribution in [0.15, 0.2) is 55.0 Å². The van der Waals surface area contributed by atoms with Gasteiger partial charge in [0.05, 0.1) is 30.4 Å². The van der Waals surface area contributed by atoms with Gasteiger partial charge in [0.2, 0.25) is 0 Å². The number of pyridine rings is 1. The Bertz CT molecular complexity index is 1080. The maximum atomic E-state index is 12.6. The number of carbonyl (C=O) groups is 2. The molecule has 2 amide bonds. The molecule has 0 aliphatic rings. The fourth-order valence-electron chi connectivity index (χ4n) is 3.07. The summed E-state index contributed by atoms with van der Waals surface area (Å²) in [4.78, 5) is 36.7. The van der Waals surface area contributed by atoms with Gasteiger partial charge in [0.15, 0.2) is 11.5 Å². The van der Waals surface area contributed by atoms with Crippen LogP contribution >= 0.6 is 0 Å². The second-order valence-electron chi connectivity index (χ2n) is 7.39. The van der Waals surface area contributed by atoms with Gasteiger partial charge in [-0.1, -0.05) is 24.3 Å². The van der Waals surface area contributed by atoms with E-state index >= 15 is 0 Å². The third kappa shape index (κ3) is 7.52. The predicted octanol–water partition coefficient (Wildman–Crippen LogP) is 3.07. The summed E-state index contributed by atoms with van der Waals surface area (Å²) in [6.45, 7) is 1.45. The topological polar surface area (TPSA) is 141 Å². The Labute approximate surface area is 197 Å². The largest absolute Gasteiger partial charge is 0.450 e. The average molecular weight is 465 g/mol. The van der Waals surface area contributed by atoms with Crippen molar-refractivity contribution in [2.75, 3.05) is 37.9 Å². The highest BCUT2D eigenvalue weighted by molar-refractivity contribution is 6.05. The highest BCUT2D eigenvalue weighted by atomic mass is 16.5. The Hall–Kier alpha value is -4.05. The molecule has 0 aliphatic heterocycles. The van der Waals surface area contributed by atoms with E-state index in [9.17, 15) is 9.59 Å². The van der Waals surface area contributed by atoms with Gasteiger partial charge in [0.25, 0.3) is 5.91 Å². The molecular weight excluding hydrogens is 436 g/mol. The number of aryl methyl sites for hydroxylation is 1. The number of ether oxygens (including phenoxy) is 2. The van der Waals surface area contributed by atoms with Crippen molar-refractivity contribution >= 4 is 23.5 Å². The number of benzene rings is 1. The van der Waals surface area contributed by atoms with E-state index in [2.05, 4.69) is 25.6 Å². The highest BCUT2D eigenvalue weighted by Crippen LogP contribution is 2.20. The first-order chi connectivity index (χ1) is 16.6. The van der Waals surface area contributed by atoms with Gasteiger partial charge in [-0.3, -0.25) is 9.78 Å². The summed E-state index contributed by atoms with van der Waals surface area (Å²) in [6, 6.07) is 11.2. The van der Waals surface area contributed by atoms with Crippen LogP contribution in [-0.4, -0.2) is 53.8 Å². The zero-order chi connectivity index (χ0) is 24.2. The Morgan fingerprint density at radius 1 is 1.06 bits per heavy atom. The number of amides is 2. The number of nitrogen functional groups attached to an aromatic ring is 1. The predicted molar refractivity (Wildman–Crippen MR) is 128 cm³/mol. The van der Waals surface area contributed by atoms with E-state index in [-0.39, 0.29) is 11.5 Å². The van der Waals surface area contributed by atoms with Crippen molar-refractivity contribution in [3.63, 3.8) is 0 Å². The summed E-state index contributed by atoms with van der Waals surface area (Å²) in [5, 5.41) is 5.39. The van der Waals surface area contributed by atoms with E-state index in [1.807, 2.05) is 24.3 Å². The molecule has 0 spiro atoms. The minimum Gasteiger partial charge on any atom is -0.450 e. The lowest BCUT2D eigenvalue weighted by molar-refractivity contribution is 0.102. The van der Waals surface area contributed by atoms with Crippen LogP contribution in [0.2, 0.25) is 0 Å². The average Bonchev–Trinajstić information content (AvgIpc) is 2.86. The number of hydrogen-bond donors (Lipinski definition) is 3. The molecule has 4 N–H and O–H groups in total. The number of aromatic nitrogens is 3. The number of nitrogens with two attached hydrogens (primary N) is 1. The minimum atomic E-state index is -0.459. The van der Waals surface area contributed by atoms with Crippen LogP contribution in [0, 0.1) is 0 Å². The first-order valence-electron chi connectivity index (χ1n) is 10.9. The van der Waals surface area contributed by atoms with Gasteiger partial charge in [0, 0.05) is 32.0 Å². The number of carbonyl (C=O) groups excluding carboxylic acids is 2. The lowest BCUT2D eigenvalue weighted by Crippen LogP contribution is -2.26. The number of nitrogens with one attached hydrogen (secondary N) is 2. The molecule has 10 nitrogen and oxygen atoms in total. The van der Waals surface area contributed by atoms with Crippen LogP contribution in [0.1, 0.15) is 28.9 Å². The lowest BCUT2D eigenvalue weighted by Gasteiger charge is -2.09. The molecule has 0 saturated heterocycles. The smallest absolute Gasteiger partial charge is 0.407 e. The number of methoxy groups -OCH3 is 1. The fourth-order valence-corrected chi connectivity index (χ4v) is 3.07. The van der Waals surface area contributed by atoms with Gasteiger partial charge in [-0.25, -0.2) is 14.8 Å². The molecule has 0 bridgehead atoms. The van der Waals surface area contributed by atoms with Crippen LogP contribution < -0.4 is 16.4 Å². The normalized spacial score (nSPS) is 10.5. The zero-order valence-corrected chi connectivity index (χ0v) is 19.0. The fraction of sp³-hybridized carbons (Fsp3) is 0.292. The molecule has 2 heterocycles. The third-order valence-corrected chi connectivity index (χ3v) is 4.82.